The number of fused-ring (bicyclic) bond motifs is 1. The fourth-order valence-electron chi connectivity index (χ4n) is 3.62. The van der Waals surface area contributed by atoms with E-state index < -0.39 is 0 Å². The lowest BCUT2D eigenvalue weighted by Gasteiger charge is -2.32. The van der Waals surface area contributed by atoms with Crippen LogP contribution in [0.3, 0.4) is 0 Å². The number of nitrogens with one attached hydrogen (secondary N) is 1. The molecule has 0 aliphatic carbocycles. The molecule has 0 radical (unpaired) electrons. The quantitative estimate of drug-likeness (QED) is 0.751. The lowest BCUT2D eigenvalue weighted by Crippen LogP contribution is -2.39. The van der Waals surface area contributed by atoms with Crippen molar-refractivity contribution in [1.82, 2.24) is 20.1 Å². The molecule has 6 nitrogen and oxygen atoms in total. The van der Waals surface area contributed by atoms with Crippen LogP contribution in [0, 0.1) is 5.92 Å². The van der Waals surface area contributed by atoms with Crippen LogP contribution in [0.5, 0.6) is 0 Å². The molecule has 2 aromatic heterocycles. The highest BCUT2D eigenvalue weighted by atomic mass is 35.5. The number of para-hydroxylation sites is 1. The molecule has 140 valence electrons. The van der Waals surface area contributed by atoms with Crippen LogP contribution in [0.2, 0.25) is 5.02 Å². The largest absolute Gasteiger partial charge is 0.357 e. The standard InChI is InChI=1S/C20H22ClN5O/c1-25-17-5-3-2-4-16(17)19(24-25)20(27)23-12-14-8-10-26(11-9-14)18-7-6-15(21)13-22-18/h2-7,13-14H,8-12H2,1H3,(H,23,27). The van der Waals surface area contributed by atoms with Crippen LogP contribution in [0.15, 0.2) is 42.6 Å². The lowest BCUT2D eigenvalue weighted by atomic mass is 9.96. The van der Waals surface area contributed by atoms with Crippen molar-refractivity contribution in [3.05, 3.63) is 53.3 Å². The second-order valence-electron chi connectivity index (χ2n) is 6.96. The summed E-state index contributed by atoms with van der Waals surface area (Å²) in [5.74, 6) is 1.32. The van der Waals surface area contributed by atoms with Crippen LogP contribution in [0.25, 0.3) is 10.9 Å². The van der Waals surface area contributed by atoms with Gasteiger partial charge < -0.3 is 10.2 Å². The van der Waals surface area contributed by atoms with Crippen molar-refractivity contribution in [3.63, 3.8) is 0 Å². The summed E-state index contributed by atoms with van der Waals surface area (Å²) in [6.45, 7) is 2.54. The van der Waals surface area contributed by atoms with Crippen LogP contribution >= 0.6 is 11.6 Å². The normalized spacial score (nSPS) is 15.3. The number of nitrogens with zero attached hydrogens (tertiary/aromatic N) is 4. The second-order valence-corrected chi connectivity index (χ2v) is 7.40. The van der Waals surface area contributed by atoms with Gasteiger partial charge in [0.1, 0.15) is 5.82 Å². The van der Waals surface area contributed by atoms with Gasteiger partial charge in [-0.05, 0) is 37.0 Å². The van der Waals surface area contributed by atoms with Crippen LogP contribution in [-0.4, -0.2) is 40.3 Å². The Bertz CT molecular complexity index is 945. The number of halogens is 1. The highest BCUT2D eigenvalue weighted by molar-refractivity contribution is 6.30. The number of aryl methyl sites for hydroxylation is 1. The average molecular weight is 384 g/mol. The Morgan fingerprint density at radius 2 is 2.00 bits per heavy atom. The summed E-state index contributed by atoms with van der Waals surface area (Å²) >= 11 is 5.91. The highest BCUT2D eigenvalue weighted by Crippen LogP contribution is 2.23. The second kappa shape index (κ2) is 7.56. The zero-order valence-electron chi connectivity index (χ0n) is 15.2. The Morgan fingerprint density at radius 3 is 2.74 bits per heavy atom. The van der Waals surface area contributed by atoms with Gasteiger partial charge in [0.15, 0.2) is 5.69 Å². The number of hydrogen-bond acceptors (Lipinski definition) is 4. The van der Waals surface area contributed by atoms with Gasteiger partial charge in [-0.2, -0.15) is 5.10 Å². The Kier molecular flexibility index (Phi) is 4.99. The molecule has 27 heavy (non-hydrogen) atoms. The molecule has 1 aliphatic rings. The van der Waals surface area contributed by atoms with Gasteiger partial charge in [-0.1, -0.05) is 29.8 Å². The third-order valence-corrected chi connectivity index (χ3v) is 5.40. The van der Waals surface area contributed by atoms with E-state index in [2.05, 4.69) is 20.3 Å². The predicted octanol–water partition coefficient (Wildman–Crippen LogP) is 3.27. The molecular weight excluding hydrogens is 362 g/mol. The Morgan fingerprint density at radius 1 is 1.22 bits per heavy atom. The van der Waals surface area contributed by atoms with Crippen molar-refractivity contribution in [2.45, 2.75) is 12.8 Å². The van der Waals surface area contributed by atoms with Gasteiger partial charge in [0.25, 0.3) is 5.91 Å². The summed E-state index contributed by atoms with van der Waals surface area (Å²) in [4.78, 5) is 19.3. The first-order valence-electron chi connectivity index (χ1n) is 9.18. The monoisotopic (exact) mass is 383 g/mol. The maximum atomic E-state index is 12.6. The van der Waals surface area contributed by atoms with Crippen molar-refractivity contribution in [1.29, 1.82) is 0 Å². The molecule has 4 rings (SSSR count). The van der Waals surface area contributed by atoms with Crippen LogP contribution in [-0.2, 0) is 7.05 Å². The topological polar surface area (TPSA) is 63.1 Å². The zero-order chi connectivity index (χ0) is 18.8. The molecule has 1 aromatic carbocycles. The number of benzene rings is 1. The van der Waals surface area contributed by atoms with Gasteiger partial charge in [0, 0.05) is 38.3 Å². The molecule has 0 unspecified atom stereocenters. The molecule has 1 N–H and O–H groups in total. The van der Waals surface area contributed by atoms with E-state index in [-0.39, 0.29) is 5.91 Å². The number of anilines is 1. The third-order valence-electron chi connectivity index (χ3n) is 5.17. The highest BCUT2D eigenvalue weighted by Gasteiger charge is 2.22. The molecule has 0 saturated carbocycles. The molecule has 1 fully saturated rings. The summed E-state index contributed by atoms with van der Waals surface area (Å²) in [7, 11) is 1.86. The minimum absolute atomic E-state index is 0.103. The van der Waals surface area contributed by atoms with Crippen molar-refractivity contribution < 1.29 is 4.79 Å². The van der Waals surface area contributed by atoms with Crippen molar-refractivity contribution in [3.8, 4) is 0 Å². The van der Waals surface area contributed by atoms with E-state index in [4.69, 9.17) is 11.6 Å². The van der Waals surface area contributed by atoms with Crippen LogP contribution in [0.1, 0.15) is 23.3 Å². The molecule has 1 saturated heterocycles. The molecule has 3 heterocycles. The number of pyridine rings is 1. The lowest BCUT2D eigenvalue weighted by molar-refractivity contribution is 0.0940. The van der Waals surface area contributed by atoms with Gasteiger partial charge in [-0.15, -0.1) is 0 Å². The maximum absolute atomic E-state index is 12.6. The maximum Gasteiger partial charge on any atom is 0.272 e. The molecule has 3 aromatic rings. The minimum atomic E-state index is -0.103. The van der Waals surface area contributed by atoms with Gasteiger partial charge >= 0.3 is 0 Å². The first-order chi connectivity index (χ1) is 13.1. The van der Waals surface area contributed by atoms with Gasteiger partial charge in [-0.25, -0.2) is 4.98 Å². The number of piperidine rings is 1. The Labute approximate surface area is 163 Å². The average Bonchev–Trinajstić information content (AvgIpc) is 3.04. The Hall–Kier alpha value is -2.60. The molecule has 0 bridgehead atoms. The van der Waals surface area contributed by atoms with Crippen molar-refractivity contribution in [2.75, 3.05) is 24.5 Å². The fraction of sp³-hybridized carbons (Fsp3) is 0.350. The third kappa shape index (κ3) is 3.76. The summed E-state index contributed by atoms with van der Waals surface area (Å²) in [6.07, 6.45) is 3.72. The van der Waals surface area contributed by atoms with E-state index in [0.717, 1.165) is 42.7 Å². The number of aromatic nitrogens is 3. The number of hydrogen-bond donors (Lipinski definition) is 1. The summed E-state index contributed by atoms with van der Waals surface area (Å²) < 4.78 is 1.75. The zero-order valence-corrected chi connectivity index (χ0v) is 16.0. The number of amides is 1. The summed E-state index contributed by atoms with van der Waals surface area (Å²) in [5, 5.41) is 9.00. The van der Waals surface area contributed by atoms with E-state index in [1.807, 2.05) is 43.4 Å². The van der Waals surface area contributed by atoms with Gasteiger partial charge in [0.2, 0.25) is 0 Å². The molecule has 1 amide bonds. The molecular formula is C20H22ClN5O. The molecule has 1 aliphatic heterocycles. The SMILES string of the molecule is Cn1nc(C(=O)NCC2CCN(c3ccc(Cl)cn3)CC2)c2ccccc21. The molecule has 7 heteroatoms. The van der Waals surface area contributed by atoms with E-state index in [9.17, 15) is 4.79 Å². The summed E-state index contributed by atoms with van der Waals surface area (Å²) in [5.41, 5.74) is 1.46. The number of carbonyl (C=O) groups excluding carboxylic acids is 1. The minimum Gasteiger partial charge on any atom is -0.357 e. The van der Waals surface area contributed by atoms with Crippen LogP contribution < -0.4 is 10.2 Å². The molecule has 0 atom stereocenters. The van der Waals surface area contributed by atoms with Crippen molar-refractivity contribution in [2.24, 2.45) is 13.0 Å². The molecule has 0 spiro atoms. The van der Waals surface area contributed by atoms with E-state index >= 15 is 0 Å². The van der Waals surface area contributed by atoms with E-state index in [1.165, 1.54) is 0 Å². The number of carbonyl (C=O) groups is 1. The first-order valence-corrected chi connectivity index (χ1v) is 9.56. The predicted molar refractivity (Wildman–Crippen MR) is 107 cm³/mol. The summed E-state index contributed by atoms with van der Waals surface area (Å²) in [6, 6.07) is 11.6. The van der Waals surface area contributed by atoms with E-state index in [0.29, 0.717) is 23.2 Å². The van der Waals surface area contributed by atoms with Gasteiger partial charge in [0.05, 0.1) is 10.5 Å². The first kappa shape index (κ1) is 17.8. The van der Waals surface area contributed by atoms with Gasteiger partial charge in [-0.3, -0.25) is 9.48 Å². The fourth-order valence-corrected chi connectivity index (χ4v) is 3.74. The van der Waals surface area contributed by atoms with E-state index in [1.54, 1.807) is 10.9 Å². The number of rotatable bonds is 4. The van der Waals surface area contributed by atoms with Crippen molar-refractivity contribution >= 4 is 34.2 Å². The van der Waals surface area contributed by atoms with Crippen LogP contribution in [0.4, 0.5) is 5.82 Å². The Balaban J connectivity index is 1.33. The smallest absolute Gasteiger partial charge is 0.272 e.